The second kappa shape index (κ2) is 8.48. The molecule has 0 aliphatic carbocycles. The van der Waals surface area contributed by atoms with Crippen molar-refractivity contribution >= 4 is 17.0 Å². The number of ether oxygens (including phenoxy) is 2. The number of hydrogen-bond donors (Lipinski definition) is 1. The summed E-state index contributed by atoms with van der Waals surface area (Å²) < 4.78 is 13.0. The van der Waals surface area contributed by atoms with Crippen LogP contribution < -0.4 is 4.74 Å². The molecule has 0 bridgehead atoms. The molecular weight excluding hydrogens is 354 g/mol. The summed E-state index contributed by atoms with van der Waals surface area (Å²) in [7, 11) is 0. The molecule has 148 valence electrons. The maximum atomic E-state index is 12.6. The lowest BCUT2D eigenvalue weighted by Gasteiger charge is -2.19. The van der Waals surface area contributed by atoms with E-state index in [0.29, 0.717) is 19.4 Å². The van der Waals surface area contributed by atoms with Crippen LogP contribution in [0, 0.1) is 0 Å². The third kappa shape index (κ3) is 4.93. The molecular formula is C23H27NO4. The van der Waals surface area contributed by atoms with Crippen molar-refractivity contribution in [2.24, 2.45) is 0 Å². The standard InChI is InChI=1S/C23H27NO4/c1-23(2,3)28-22(26)24-15-18(10-7-13-25)20-14-19(11-12-21(20)24)27-16-17-8-5-4-6-9-17/h4-6,8-9,11-12,14-15,25H,7,10,13,16H2,1-3H3. The molecule has 0 spiro atoms. The molecule has 0 saturated carbocycles. The number of nitrogens with zero attached hydrogens (tertiary/aromatic N) is 1. The topological polar surface area (TPSA) is 60.7 Å². The van der Waals surface area contributed by atoms with Crippen LogP contribution in [0.3, 0.4) is 0 Å². The van der Waals surface area contributed by atoms with Gasteiger partial charge in [-0.05, 0) is 62.9 Å². The second-order valence-corrected chi connectivity index (χ2v) is 7.79. The minimum atomic E-state index is -0.572. The number of aromatic nitrogens is 1. The van der Waals surface area contributed by atoms with Crippen LogP contribution in [0.2, 0.25) is 0 Å². The summed E-state index contributed by atoms with van der Waals surface area (Å²) in [6, 6.07) is 15.7. The Hall–Kier alpha value is -2.79. The van der Waals surface area contributed by atoms with Gasteiger partial charge in [0.15, 0.2) is 0 Å². The van der Waals surface area contributed by atoms with E-state index in [-0.39, 0.29) is 6.61 Å². The Kier molecular flexibility index (Phi) is 6.05. The van der Waals surface area contributed by atoms with E-state index >= 15 is 0 Å². The Bertz CT molecular complexity index is 938. The number of rotatable bonds is 6. The zero-order valence-electron chi connectivity index (χ0n) is 16.6. The van der Waals surface area contributed by atoms with Crippen LogP contribution >= 0.6 is 0 Å². The van der Waals surface area contributed by atoms with Gasteiger partial charge in [0.05, 0.1) is 5.52 Å². The molecule has 0 saturated heterocycles. The normalized spacial score (nSPS) is 11.6. The highest BCUT2D eigenvalue weighted by Crippen LogP contribution is 2.28. The lowest BCUT2D eigenvalue weighted by molar-refractivity contribution is 0.0544. The van der Waals surface area contributed by atoms with Crippen LogP contribution in [0.4, 0.5) is 4.79 Å². The SMILES string of the molecule is CC(C)(C)OC(=O)n1cc(CCCO)c2cc(OCc3ccccc3)ccc21. The summed E-state index contributed by atoms with van der Waals surface area (Å²) >= 11 is 0. The predicted octanol–water partition coefficient (Wildman–Crippen LogP) is 4.93. The highest BCUT2D eigenvalue weighted by molar-refractivity contribution is 5.93. The Morgan fingerprint density at radius 1 is 1.11 bits per heavy atom. The van der Waals surface area contributed by atoms with Gasteiger partial charge in [-0.3, -0.25) is 4.57 Å². The fraction of sp³-hybridized carbons (Fsp3) is 0.348. The van der Waals surface area contributed by atoms with E-state index in [1.165, 1.54) is 4.57 Å². The second-order valence-electron chi connectivity index (χ2n) is 7.79. The van der Waals surface area contributed by atoms with Crippen LogP contribution in [-0.2, 0) is 17.8 Å². The van der Waals surface area contributed by atoms with Gasteiger partial charge < -0.3 is 14.6 Å². The minimum absolute atomic E-state index is 0.101. The molecule has 1 aromatic heterocycles. The van der Waals surface area contributed by atoms with Crippen molar-refractivity contribution in [1.29, 1.82) is 0 Å². The number of fused-ring (bicyclic) bond motifs is 1. The average Bonchev–Trinajstić information content (AvgIpc) is 3.02. The summed E-state index contributed by atoms with van der Waals surface area (Å²) in [6.45, 7) is 6.12. The van der Waals surface area contributed by atoms with Gasteiger partial charge in [0, 0.05) is 18.2 Å². The largest absolute Gasteiger partial charge is 0.489 e. The quantitative estimate of drug-likeness (QED) is 0.658. The van der Waals surface area contributed by atoms with E-state index in [1.54, 1.807) is 6.20 Å². The molecule has 0 aliphatic rings. The molecule has 0 amide bonds. The number of carbonyl (C=O) groups is 1. The minimum Gasteiger partial charge on any atom is -0.489 e. The maximum absolute atomic E-state index is 12.6. The molecule has 1 heterocycles. The molecule has 3 rings (SSSR count). The Balaban J connectivity index is 1.90. The van der Waals surface area contributed by atoms with Crippen LogP contribution in [0.25, 0.3) is 10.9 Å². The number of aliphatic hydroxyl groups excluding tert-OH is 1. The summed E-state index contributed by atoms with van der Waals surface area (Å²) in [5.41, 5.74) is 2.28. The van der Waals surface area contributed by atoms with Gasteiger partial charge in [-0.1, -0.05) is 30.3 Å². The fourth-order valence-corrected chi connectivity index (χ4v) is 3.04. The highest BCUT2D eigenvalue weighted by Gasteiger charge is 2.21. The molecule has 5 heteroatoms. The molecule has 3 aromatic rings. The Morgan fingerprint density at radius 2 is 1.86 bits per heavy atom. The van der Waals surface area contributed by atoms with E-state index in [4.69, 9.17) is 9.47 Å². The monoisotopic (exact) mass is 381 g/mol. The van der Waals surface area contributed by atoms with Crippen molar-refractivity contribution in [3.63, 3.8) is 0 Å². The number of carbonyl (C=O) groups excluding carboxylic acids is 1. The van der Waals surface area contributed by atoms with Crippen molar-refractivity contribution in [1.82, 2.24) is 4.57 Å². The zero-order chi connectivity index (χ0) is 20.1. The summed E-state index contributed by atoms with van der Waals surface area (Å²) in [6.07, 6.45) is 2.69. The van der Waals surface area contributed by atoms with Crippen LogP contribution in [0.15, 0.2) is 54.7 Å². The first-order valence-corrected chi connectivity index (χ1v) is 9.52. The third-order valence-corrected chi connectivity index (χ3v) is 4.30. The summed E-state index contributed by atoms with van der Waals surface area (Å²) in [5, 5.41) is 10.1. The van der Waals surface area contributed by atoms with Crippen LogP contribution in [0.5, 0.6) is 5.75 Å². The van der Waals surface area contributed by atoms with E-state index in [9.17, 15) is 9.90 Å². The first-order chi connectivity index (χ1) is 13.4. The van der Waals surface area contributed by atoms with Crippen molar-refractivity contribution < 1.29 is 19.4 Å². The number of aryl methyl sites for hydroxylation is 1. The van der Waals surface area contributed by atoms with Gasteiger partial charge >= 0.3 is 6.09 Å². The predicted molar refractivity (Wildman–Crippen MR) is 110 cm³/mol. The number of hydrogen-bond acceptors (Lipinski definition) is 4. The van der Waals surface area contributed by atoms with Crippen LogP contribution in [0.1, 0.15) is 38.3 Å². The highest BCUT2D eigenvalue weighted by atomic mass is 16.6. The fourth-order valence-electron chi connectivity index (χ4n) is 3.04. The lowest BCUT2D eigenvalue weighted by Crippen LogP contribution is -2.26. The molecule has 5 nitrogen and oxygen atoms in total. The Morgan fingerprint density at radius 3 is 2.54 bits per heavy atom. The van der Waals surface area contributed by atoms with Crippen molar-refractivity contribution in [2.45, 2.75) is 45.8 Å². The summed E-state index contributed by atoms with van der Waals surface area (Å²) in [5.74, 6) is 0.739. The van der Waals surface area contributed by atoms with Gasteiger partial charge in [-0.25, -0.2) is 4.79 Å². The average molecular weight is 381 g/mol. The first-order valence-electron chi connectivity index (χ1n) is 9.52. The maximum Gasteiger partial charge on any atom is 0.419 e. The van der Waals surface area contributed by atoms with Gasteiger partial charge in [-0.2, -0.15) is 0 Å². The molecule has 0 atom stereocenters. The zero-order valence-corrected chi connectivity index (χ0v) is 16.6. The van der Waals surface area contributed by atoms with Gasteiger partial charge in [0.1, 0.15) is 18.0 Å². The molecule has 0 unspecified atom stereocenters. The molecule has 2 aromatic carbocycles. The van der Waals surface area contributed by atoms with E-state index in [2.05, 4.69) is 0 Å². The lowest BCUT2D eigenvalue weighted by atomic mass is 10.1. The molecule has 0 fully saturated rings. The molecule has 0 aliphatic heterocycles. The molecule has 28 heavy (non-hydrogen) atoms. The van der Waals surface area contributed by atoms with E-state index in [1.807, 2.05) is 69.3 Å². The van der Waals surface area contributed by atoms with E-state index < -0.39 is 11.7 Å². The third-order valence-electron chi connectivity index (χ3n) is 4.30. The van der Waals surface area contributed by atoms with Crippen molar-refractivity contribution in [2.75, 3.05) is 6.61 Å². The van der Waals surface area contributed by atoms with Crippen molar-refractivity contribution in [3.05, 3.63) is 65.9 Å². The smallest absolute Gasteiger partial charge is 0.419 e. The van der Waals surface area contributed by atoms with E-state index in [0.717, 1.165) is 27.8 Å². The molecule has 1 N–H and O–H groups in total. The van der Waals surface area contributed by atoms with Crippen LogP contribution in [-0.4, -0.2) is 28.0 Å². The number of aliphatic hydroxyl groups is 1. The van der Waals surface area contributed by atoms with Gasteiger partial charge in [-0.15, -0.1) is 0 Å². The first kappa shape index (κ1) is 20.0. The number of benzene rings is 2. The Labute approximate surface area is 165 Å². The van der Waals surface area contributed by atoms with Gasteiger partial charge in [0.2, 0.25) is 0 Å². The molecule has 0 radical (unpaired) electrons. The summed E-state index contributed by atoms with van der Waals surface area (Å²) in [4.78, 5) is 12.6. The van der Waals surface area contributed by atoms with Crippen molar-refractivity contribution in [3.8, 4) is 5.75 Å². The van der Waals surface area contributed by atoms with Gasteiger partial charge in [0.25, 0.3) is 0 Å².